The SMILES string of the molecule is CCCCCCCCCCCCCC(=O)NCCOCCOCCNC(=O)[C@H](CCCNC(=O)OC(C)(C)C)NC(=O)OC(C)(C)C. The van der Waals surface area contributed by atoms with E-state index in [-0.39, 0.29) is 37.9 Å². The van der Waals surface area contributed by atoms with Gasteiger partial charge in [-0.1, -0.05) is 71.1 Å². The molecule has 0 radical (unpaired) electrons. The van der Waals surface area contributed by atoms with Crippen molar-refractivity contribution in [1.29, 1.82) is 0 Å². The highest BCUT2D eigenvalue weighted by molar-refractivity contribution is 5.85. The van der Waals surface area contributed by atoms with E-state index in [9.17, 15) is 19.2 Å². The van der Waals surface area contributed by atoms with E-state index in [2.05, 4.69) is 28.2 Å². The second kappa shape index (κ2) is 27.4. The van der Waals surface area contributed by atoms with Crippen LogP contribution in [0.15, 0.2) is 0 Å². The Morgan fingerprint density at radius 3 is 1.57 bits per heavy atom. The third kappa shape index (κ3) is 31.8. The molecule has 4 amide bonds. The molecule has 0 rings (SSSR count). The fourth-order valence-electron chi connectivity index (χ4n) is 4.52. The minimum absolute atomic E-state index is 0.0651. The molecule has 4 N–H and O–H groups in total. The summed E-state index contributed by atoms with van der Waals surface area (Å²) in [6, 6.07) is -0.848. The van der Waals surface area contributed by atoms with Crippen LogP contribution in [0, 0.1) is 0 Å². The van der Waals surface area contributed by atoms with Crippen LogP contribution in [-0.2, 0) is 28.5 Å². The minimum atomic E-state index is -0.848. The van der Waals surface area contributed by atoms with Crippen LogP contribution in [0.5, 0.6) is 0 Å². The summed E-state index contributed by atoms with van der Waals surface area (Å²) in [7, 11) is 0. The maximum atomic E-state index is 12.8. The Kier molecular flexibility index (Phi) is 25.8. The number of ether oxygens (including phenoxy) is 4. The van der Waals surface area contributed by atoms with E-state index in [1.807, 2.05) is 0 Å². The predicted octanol–water partition coefficient (Wildman–Crippen LogP) is 6.15. The fourth-order valence-corrected chi connectivity index (χ4v) is 4.52. The van der Waals surface area contributed by atoms with Crippen LogP contribution in [0.3, 0.4) is 0 Å². The van der Waals surface area contributed by atoms with E-state index in [0.29, 0.717) is 39.2 Å². The van der Waals surface area contributed by atoms with Gasteiger partial charge in [-0.05, 0) is 60.8 Å². The van der Waals surface area contributed by atoms with Gasteiger partial charge in [0.25, 0.3) is 0 Å². The second-order valence-electron chi connectivity index (χ2n) is 13.9. The Labute approximate surface area is 284 Å². The molecule has 12 heteroatoms. The van der Waals surface area contributed by atoms with Gasteiger partial charge in [-0.2, -0.15) is 0 Å². The molecule has 0 aliphatic rings. The summed E-state index contributed by atoms with van der Waals surface area (Å²) >= 11 is 0. The van der Waals surface area contributed by atoms with E-state index < -0.39 is 29.4 Å². The maximum absolute atomic E-state index is 12.8. The van der Waals surface area contributed by atoms with Crippen molar-refractivity contribution in [3.63, 3.8) is 0 Å². The molecule has 0 bridgehead atoms. The van der Waals surface area contributed by atoms with E-state index >= 15 is 0 Å². The quantitative estimate of drug-likeness (QED) is 0.0758. The lowest BCUT2D eigenvalue weighted by atomic mass is 10.1. The highest BCUT2D eigenvalue weighted by atomic mass is 16.6. The summed E-state index contributed by atoms with van der Waals surface area (Å²) < 4.78 is 21.5. The van der Waals surface area contributed by atoms with Crippen LogP contribution >= 0.6 is 0 Å². The molecule has 12 nitrogen and oxygen atoms in total. The van der Waals surface area contributed by atoms with Gasteiger partial charge in [0.2, 0.25) is 11.8 Å². The van der Waals surface area contributed by atoms with Crippen molar-refractivity contribution < 1.29 is 38.1 Å². The lowest BCUT2D eigenvalue weighted by Crippen LogP contribution is -2.49. The first-order chi connectivity index (χ1) is 22.2. The normalized spacial score (nSPS) is 12.2. The Balaban J connectivity index is 4.00. The topological polar surface area (TPSA) is 153 Å². The van der Waals surface area contributed by atoms with E-state index in [1.54, 1.807) is 41.5 Å². The zero-order valence-corrected chi connectivity index (χ0v) is 30.7. The number of unbranched alkanes of at least 4 members (excludes halogenated alkanes) is 10. The number of rotatable bonds is 27. The molecule has 0 aliphatic carbocycles. The second-order valence-corrected chi connectivity index (χ2v) is 13.9. The molecule has 0 saturated carbocycles. The number of hydrogen-bond acceptors (Lipinski definition) is 8. The molecular formula is C35H68N4O8. The molecule has 0 fully saturated rings. The average molecular weight is 673 g/mol. The molecule has 0 aromatic heterocycles. The number of nitrogens with one attached hydrogen (secondary N) is 4. The zero-order chi connectivity index (χ0) is 35.4. The zero-order valence-electron chi connectivity index (χ0n) is 30.7. The van der Waals surface area contributed by atoms with Crippen molar-refractivity contribution in [2.75, 3.05) is 46.1 Å². The van der Waals surface area contributed by atoms with Crippen molar-refractivity contribution in [1.82, 2.24) is 21.3 Å². The van der Waals surface area contributed by atoms with Crippen molar-refractivity contribution in [3.05, 3.63) is 0 Å². The molecular weight excluding hydrogens is 604 g/mol. The third-order valence-electron chi connectivity index (χ3n) is 6.84. The first-order valence-electron chi connectivity index (χ1n) is 17.9. The van der Waals surface area contributed by atoms with E-state index in [4.69, 9.17) is 18.9 Å². The lowest BCUT2D eigenvalue weighted by Gasteiger charge is -2.23. The van der Waals surface area contributed by atoms with E-state index in [0.717, 1.165) is 12.8 Å². The largest absolute Gasteiger partial charge is 0.444 e. The highest BCUT2D eigenvalue weighted by Crippen LogP contribution is 2.12. The number of alkyl carbamates (subject to hydrolysis) is 2. The van der Waals surface area contributed by atoms with Crippen LogP contribution < -0.4 is 21.3 Å². The Morgan fingerprint density at radius 2 is 1.04 bits per heavy atom. The van der Waals surface area contributed by atoms with Gasteiger partial charge in [-0.15, -0.1) is 0 Å². The standard InChI is InChI=1S/C35H68N4O8/c1-8-9-10-11-12-13-14-15-16-17-18-21-30(40)36-23-25-44-27-28-45-26-24-37-31(41)29(39-33(43)47-35(5,6)7)20-19-22-38-32(42)46-34(2,3)4/h29H,8-28H2,1-7H3,(H,36,40)(H,37,41)(H,38,42)(H,39,43)/t29-/m0/s1. The monoisotopic (exact) mass is 673 g/mol. The van der Waals surface area contributed by atoms with Crippen LogP contribution in [-0.4, -0.2) is 87.3 Å². The molecule has 0 aromatic rings. The summed E-state index contributed by atoms with van der Waals surface area (Å²) in [5.41, 5.74) is -1.32. The summed E-state index contributed by atoms with van der Waals surface area (Å²) in [5, 5.41) is 10.9. The first kappa shape index (κ1) is 44.4. The maximum Gasteiger partial charge on any atom is 0.408 e. The van der Waals surface area contributed by atoms with Crippen LogP contribution in [0.25, 0.3) is 0 Å². The van der Waals surface area contributed by atoms with Gasteiger partial charge in [-0.3, -0.25) is 9.59 Å². The minimum Gasteiger partial charge on any atom is -0.444 e. The Morgan fingerprint density at radius 1 is 0.553 bits per heavy atom. The van der Waals surface area contributed by atoms with Gasteiger partial charge in [0.15, 0.2) is 0 Å². The Bertz CT molecular complexity index is 842. The smallest absolute Gasteiger partial charge is 0.408 e. The molecule has 0 aliphatic heterocycles. The van der Waals surface area contributed by atoms with Crippen LogP contribution in [0.1, 0.15) is 138 Å². The van der Waals surface area contributed by atoms with Crippen molar-refractivity contribution in [2.24, 2.45) is 0 Å². The van der Waals surface area contributed by atoms with Gasteiger partial charge in [0.05, 0.1) is 26.4 Å². The first-order valence-corrected chi connectivity index (χ1v) is 17.9. The fraction of sp³-hybridized carbons (Fsp3) is 0.886. The van der Waals surface area contributed by atoms with Gasteiger partial charge >= 0.3 is 12.2 Å². The highest BCUT2D eigenvalue weighted by Gasteiger charge is 2.24. The molecule has 1 atom stereocenters. The third-order valence-corrected chi connectivity index (χ3v) is 6.84. The summed E-state index contributed by atoms with van der Waals surface area (Å²) in [5.74, 6) is -0.313. The predicted molar refractivity (Wildman–Crippen MR) is 185 cm³/mol. The Hall–Kier alpha value is -2.60. The lowest BCUT2D eigenvalue weighted by molar-refractivity contribution is -0.124. The molecule has 47 heavy (non-hydrogen) atoms. The summed E-state index contributed by atoms with van der Waals surface area (Å²) in [4.78, 5) is 48.9. The molecule has 0 saturated heterocycles. The van der Waals surface area contributed by atoms with Gasteiger partial charge in [-0.25, -0.2) is 9.59 Å². The van der Waals surface area contributed by atoms with Crippen molar-refractivity contribution >= 4 is 24.0 Å². The molecule has 0 aromatic carbocycles. The summed E-state index contributed by atoms with van der Waals surface area (Å²) in [6.45, 7) is 15.2. The number of carbonyl (C=O) groups is 4. The number of hydrogen-bond donors (Lipinski definition) is 4. The molecule has 0 heterocycles. The van der Waals surface area contributed by atoms with Gasteiger partial charge in [0.1, 0.15) is 17.2 Å². The van der Waals surface area contributed by atoms with Crippen LogP contribution in [0.4, 0.5) is 9.59 Å². The van der Waals surface area contributed by atoms with Gasteiger partial charge in [0, 0.05) is 26.1 Å². The van der Waals surface area contributed by atoms with E-state index in [1.165, 1.54) is 57.8 Å². The van der Waals surface area contributed by atoms with Crippen molar-refractivity contribution in [2.45, 2.75) is 156 Å². The molecule has 276 valence electrons. The molecule has 0 unspecified atom stereocenters. The number of carbonyl (C=O) groups excluding carboxylic acids is 4. The summed E-state index contributed by atoms with van der Waals surface area (Å²) in [6.07, 6.45) is 13.9. The number of amides is 4. The van der Waals surface area contributed by atoms with Crippen molar-refractivity contribution in [3.8, 4) is 0 Å². The molecule has 0 spiro atoms. The van der Waals surface area contributed by atoms with Gasteiger partial charge < -0.3 is 40.2 Å². The average Bonchev–Trinajstić information content (AvgIpc) is 2.96. The van der Waals surface area contributed by atoms with Crippen LogP contribution in [0.2, 0.25) is 0 Å².